The fourth-order valence-corrected chi connectivity index (χ4v) is 4.68. The van der Waals surface area contributed by atoms with Crippen LogP contribution in [0.5, 0.6) is 0 Å². The Balaban J connectivity index is 0.00000136. The van der Waals surface area contributed by atoms with Gasteiger partial charge in [0.25, 0.3) is 5.91 Å². The molecule has 0 bridgehead atoms. The summed E-state index contributed by atoms with van der Waals surface area (Å²) in [5.74, 6) is -0.0238. The van der Waals surface area contributed by atoms with Crippen LogP contribution in [0.25, 0.3) is 16.0 Å². The lowest BCUT2D eigenvalue weighted by Gasteiger charge is -2.26. The summed E-state index contributed by atoms with van der Waals surface area (Å²) in [6.07, 6.45) is 1.91. The number of hydrogen-bond acceptors (Lipinski definition) is 5. The monoisotopic (exact) mass is 478 g/mol. The number of imidazole rings is 1. The second-order valence-electron chi connectivity index (χ2n) is 7.27. The van der Waals surface area contributed by atoms with Crippen molar-refractivity contribution in [2.75, 3.05) is 38.3 Å². The molecule has 9 heteroatoms. The lowest BCUT2D eigenvalue weighted by molar-refractivity contribution is 0.0342. The summed E-state index contributed by atoms with van der Waals surface area (Å²) in [6, 6.07) is 16.1. The highest BCUT2D eigenvalue weighted by Crippen LogP contribution is 2.27. The topological polar surface area (TPSA) is 50.1 Å². The first-order valence-electron chi connectivity index (χ1n) is 9.73. The number of hydrogen-bond donors (Lipinski definition) is 0. The molecule has 1 amide bonds. The number of thiazole rings is 1. The van der Waals surface area contributed by atoms with Crippen molar-refractivity contribution in [3.63, 3.8) is 0 Å². The number of halogens is 2. The van der Waals surface area contributed by atoms with Gasteiger partial charge in [-0.3, -0.25) is 14.1 Å². The molecular weight excluding hydrogens is 455 g/mol. The number of anilines is 1. The Hall–Kier alpha value is -2.16. The van der Waals surface area contributed by atoms with Gasteiger partial charge in [-0.25, -0.2) is 4.98 Å². The second-order valence-corrected chi connectivity index (χ2v) is 8.28. The Labute approximate surface area is 197 Å². The van der Waals surface area contributed by atoms with Crippen LogP contribution in [0.1, 0.15) is 15.2 Å². The predicted molar refractivity (Wildman–Crippen MR) is 130 cm³/mol. The summed E-state index contributed by atoms with van der Waals surface area (Å²) in [5, 5.41) is 0. The molecule has 0 atom stereocenters. The van der Waals surface area contributed by atoms with Crippen molar-refractivity contribution in [3.05, 3.63) is 65.2 Å². The van der Waals surface area contributed by atoms with E-state index < -0.39 is 0 Å². The quantitative estimate of drug-likeness (QED) is 0.433. The Bertz CT molecular complexity index is 1170. The van der Waals surface area contributed by atoms with Crippen LogP contribution in [-0.4, -0.2) is 53.5 Å². The predicted octanol–water partition coefficient (Wildman–Crippen LogP) is 4.50. The highest BCUT2D eigenvalue weighted by atomic mass is 35.5. The van der Waals surface area contributed by atoms with Gasteiger partial charge in [-0.05, 0) is 29.8 Å². The number of rotatable bonds is 4. The van der Waals surface area contributed by atoms with Gasteiger partial charge in [-0.1, -0.05) is 35.6 Å². The van der Waals surface area contributed by atoms with E-state index in [9.17, 15) is 4.79 Å². The summed E-state index contributed by atoms with van der Waals surface area (Å²) >= 11 is 1.43. The third-order valence-corrected chi connectivity index (χ3v) is 6.31. The van der Waals surface area contributed by atoms with Gasteiger partial charge in [-0.2, -0.15) is 0 Å². The molecule has 4 aromatic rings. The molecule has 0 spiro atoms. The van der Waals surface area contributed by atoms with Gasteiger partial charge in [0, 0.05) is 38.6 Å². The Morgan fingerprint density at radius 1 is 1.13 bits per heavy atom. The van der Waals surface area contributed by atoms with Crippen LogP contribution in [0.2, 0.25) is 0 Å². The van der Waals surface area contributed by atoms with E-state index in [-0.39, 0.29) is 30.7 Å². The largest absolute Gasteiger partial charge is 0.379 e. The van der Waals surface area contributed by atoms with Crippen molar-refractivity contribution in [1.29, 1.82) is 0 Å². The van der Waals surface area contributed by atoms with E-state index in [1.807, 2.05) is 40.9 Å². The van der Waals surface area contributed by atoms with Crippen LogP contribution in [0.3, 0.4) is 0 Å². The molecule has 1 aliphatic heterocycles. The molecule has 3 heterocycles. The van der Waals surface area contributed by atoms with Gasteiger partial charge >= 0.3 is 0 Å². The zero-order chi connectivity index (χ0) is 19.8. The van der Waals surface area contributed by atoms with Crippen molar-refractivity contribution in [1.82, 2.24) is 14.3 Å². The highest BCUT2D eigenvalue weighted by molar-refractivity contribution is 7.19. The van der Waals surface area contributed by atoms with E-state index in [1.165, 1.54) is 16.9 Å². The molecule has 0 N–H and O–H groups in total. The average Bonchev–Trinajstić information content (AvgIpc) is 3.32. The van der Waals surface area contributed by atoms with E-state index in [0.29, 0.717) is 4.88 Å². The normalized spacial score (nSPS) is 14.2. The van der Waals surface area contributed by atoms with E-state index in [1.54, 1.807) is 11.9 Å². The number of nitrogens with zero attached hydrogens (tertiary/aromatic N) is 4. The molecule has 0 aliphatic carbocycles. The molecule has 31 heavy (non-hydrogen) atoms. The van der Waals surface area contributed by atoms with Crippen LogP contribution in [0, 0.1) is 0 Å². The van der Waals surface area contributed by atoms with Gasteiger partial charge in [0.1, 0.15) is 4.88 Å². The van der Waals surface area contributed by atoms with Crippen molar-refractivity contribution in [2.24, 2.45) is 0 Å². The summed E-state index contributed by atoms with van der Waals surface area (Å²) in [4.78, 5) is 23.3. The van der Waals surface area contributed by atoms with Crippen LogP contribution >= 0.6 is 36.2 Å². The van der Waals surface area contributed by atoms with Crippen molar-refractivity contribution >= 4 is 63.7 Å². The third kappa shape index (κ3) is 4.71. The minimum absolute atomic E-state index is 0. The molecule has 1 saturated heterocycles. The van der Waals surface area contributed by atoms with Crippen LogP contribution < -0.4 is 4.90 Å². The minimum atomic E-state index is -0.0238. The third-order valence-electron chi connectivity index (χ3n) is 5.34. The molecule has 2 aromatic heterocycles. The molecule has 2 aromatic carbocycles. The fraction of sp³-hybridized carbons (Fsp3) is 0.273. The van der Waals surface area contributed by atoms with Gasteiger partial charge in [-0.15, -0.1) is 24.8 Å². The number of para-hydroxylation sites is 1. The van der Waals surface area contributed by atoms with Gasteiger partial charge in [0.05, 0.1) is 24.2 Å². The van der Waals surface area contributed by atoms with Crippen LogP contribution in [-0.2, 0) is 11.3 Å². The smallest absolute Gasteiger partial charge is 0.269 e. The molecule has 5 rings (SSSR count). The van der Waals surface area contributed by atoms with Crippen molar-refractivity contribution < 1.29 is 9.53 Å². The number of morpholine rings is 1. The standard InChI is InChI=1S/C22H22N4O2S.2ClH/c1-24(17-5-3-2-4-6-17)21(27)20-15-26-19-13-16(14-25-9-11-28-12-10-25)7-8-18(19)23-22(26)29-20;;/h2-8,13,15H,9-12,14H2,1H3;2*1H. The number of carbonyl (C=O) groups excluding carboxylic acids is 1. The van der Waals surface area contributed by atoms with Crippen molar-refractivity contribution in [3.8, 4) is 0 Å². The van der Waals surface area contributed by atoms with Crippen molar-refractivity contribution in [2.45, 2.75) is 6.54 Å². The molecule has 1 fully saturated rings. The van der Waals surface area contributed by atoms with Crippen LogP contribution in [0.4, 0.5) is 5.69 Å². The van der Waals surface area contributed by atoms with E-state index in [4.69, 9.17) is 9.72 Å². The molecule has 6 nitrogen and oxygen atoms in total. The first kappa shape index (κ1) is 23.5. The summed E-state index contributed by atoms with van der Waals surface area (Å²) in [5.41, 5.74) is 4.13. The first-order chi connectivity index (χ1) is 14.2. The van der Waals surface area contributed by atoms with Gasteiger partial charge in [0.2, 0.25) is 0 Å². The zero-order valence-electron chi connectivity index (χ0n) is 17.1. The average molecular weight is 479 g/mol. The Morgan fingerprint density at radius 2 is 1.87 bits per heavy atom. The molecule has 164 valence electrons. The maximum atomic E-state index is 13.0. The minimum Gasteiger partial charge on any atom is -0.379 e. The summed E-state index contributed by atoms with van der Waals surface area (Å²) in [7, 11) is 1.80. The Morgan fingerprint density at radius 3 is 2.61 bits per heavy atom. The van der Waals surface area contributed by atoms with E-state index >= 15 is 0 Å². The lowest BCUT2D eigenvalue weighted by atomic mass is 10.2. The summed E-state index contributed by atoms with van der Waals surface area (Å²) in [6.45, 7) is 4.42. The first-order valence-corrected chi connectivity index (χ1v) is 10.5. The molecule has 0 saturated carbocycles. The zero-order valence-corrected chi connectivity index (χ0v) is 19.5. The number of ether oxygens (including phenoxy) is 1. The molecule has 1 aliphatic rings. The summed E-state index contributed by atoms with van der Waals surface area (Å²) < 4.78 is 7.48. The van der Waals surface area contributed by atoms with Crippen LogP contribution in [0.15, 0.2) is 54.7 Å². The second kappa shape index (κ2) is 9.97. The van der Waals surface area contributed by atoms with E-state index in [0.717, 1.165) is 54.5 Å². The molecule has 0 unspecified atom stereocenters. The van der Waals surface area contributed by atoms with Gasteiger partial charge in [0.15, 0.2) is 4.96 Å². The number of carbonyl (C=O) groups is 1. The molecule has 0 radical (unpaired) electrons. The Kier molecular flexibility index (Phi) is 7.56. The fourth-order valence-electron chi connectivity index (χ4n) is 3.70. The van der Waals surface area contributed by atoms with Gasteiger partial charge < -0.3 is 9.64 Å². The van der Waals surface area contributed by atoms with E-state index in [2.05, 4.69) is 23.1 Å². The maximum absolute atomic E-state index is 13.0. The molecular formula is C22H24Cl2N4O2S. The maximum Gasteiger partial charge on any atom is 0.269 e. The number of aromatic nitrogens is 2. The lowest BCUT2D eigenvalue weighted by Crippen LogP contribution is -2.35. The SMILES string of the molecule is CN(C(=O)c1cn2c(nc3ccc(CN4CCOCC4)cc32)s1)c1ccccc1.Cl.Cl. The number of benzene rings is 2. The number of fused-ring (bicyclic) bond motifs is 3. The highest BCUT2D eigenvalue weighted by Gasteiger charge is 2.19. The number of amides is 1.